The molecule has 0 saturated heterocycles. The van der Waals surface area contributed by atoms with Crippen molar-refractivity contribution in [1.82, 2.24) is 9.55 Å². The molecule has 5 nitrogen and oxygen atoms in total. The third kappa shape index (κ3) is 2.56. The van der Waals surface area contributed by atoms with Crippen molar-refractivity contribution in [3.05, 3.63) is 67.2 Å². The highest BCUT2D eigenvalue weighted by Crippen LogP contribution is 2.06. The first-order chi connectivity index (χ1) is 9.02. The van der Waals surface area contributed by atoms with Crippen LogP contribution in [0.5, 0.6) is 0 Å². The van der Waals surface area contributed by atoms with E-state index in [0.717, 1.165) is 0 Å². The number of aromatic nitrogens is 2. The van der Waals surface area contributed by atoms with Gasteiger partial charge in [-0.3, -0.25) is 14.3 Å². The summed E-state index contributed by atoms with van der Waals surface area (Å²) >= 11 is 5.35. The summed E-state index contributed by atoms with van der Waals surface area (Å²) in [4.78, 5) is 25.2. The lowest BCUT2D eigenvalue weighted by Gasteiger charge is -2.05. The second-order valence-corrected chi connectivity index (χ2v) is 4.14. The summed E-state index contributed by atoms with van der Waals surface area (Å²) < 4.78 is 14.0. The Hall–Kier alpha value is -2.39. The van der Waals surface area contributed by atoms with Crippen molar-refractivity contribution >= 4 is 11.6 Å². The molecule has 19 heavy (non-hydrogen) atoms. The number of H-pyrrole nitrogens is 1. The van der Waals surface area contributed by atoms with Crippen LogP contribution in [-0.2, 0) is 6.54 Å². The Morgan fingerprint density at radius 3 is 2.84 bits per heavy atom. The SMILES string of the molecule is N#Cc1cccc(Cn2c(=O)[nH]c(Cl)c(F)c2=O)c1. The largest absolute Gasteiger partial charge is 0.329 e. The molecule has 0 aliphatic carbocycles. The molecule has 0 aliphatic heterocycles. The number of hydrogen-bond donors (Lipinski definition) is 1. The maximum atomic E-state index is 13.3. The standard InChI is InChI=1S/C12H7ClFN3O2/c13-10-9(14)11(18)17(12(19)16-10)6-8-3-1-2-7(4-8)5-15/h1-4H,6H2,(H,16,19). The number of hydrogen-bond acceptors (Lipinski definition) is 3. The van der Waals surface area contributed by atoms with Crippen LogP contribution in [0.2, 0.25) is 5.15 Å². The number of halogens is 2. The van der Waals surface area contributed by atoms with Crippen LogP contribution in [-0.4, -0.2) is 9.55 Å². The molecule has 0 aliphatic rings. The summed E-state index contributed by atoms with van der Waals surface area (Å²) in [5.74, 6) is -1.21. The Kier molecular flexibility index (Phi) is 3.49. The Morgan fingerprint density at radius 1 is 1.42 bits per heavy atom. The van der Waals surface area contributed by atoms with Gasteiger partial charge in [-0.2, -0.15) is 9.65 Å². The fraction of sp³-hybridized carbons (Fsp3) is 0.0833. The van der Waals surface area contributed by atoms with Gasteiger partial charge in [-0.15, -0.1) is 0 Å². The van der Waals surface area contributed by atoms with Crippen LogP contribution in [0, 0.1) is 17.1 Å². The van der Waals surface area contributed by atoms with Crippen molar-refractivity contribution < 1.29 is 4.39 Å². The monoisotopic (exact) mass is 279 g/mol. The van der Waals surface area contributed by atoms with Crippen LogP contribution >= 0.6 is 11.6 Å². The van der Waals surface area contributed by atoms with Crippen LogP contribution < -0.4 is 11.2 Å². The molecule has 7 heteroatoms. The molecule has 0 atom stereocenters. The summed E-state index contributed by atoms with van der Waals surface area (Å²) in [6.07, 6.45) is 0. The van der Waals surface area contributed by atoms with Gasteiger partial charge in [-0.05, 0) is 17.7 Å². The lowest BCUT2D eigenvalue weighted by atomic mass is 10.1. The fourth-order valence-corrected chi connectivity index (χ4v) is 1.75. The van der Waals surface area contributed by atoms with Gasteiger partial charge in [-0.25, -0.2) is 4.79 Å². The Balaban J connectivity index is 2.50. The maximum absolute atomic E-state index is 13.3. The Morgan fingerprint density at radius 2 is 2.16 bits per heavy atom. The summed E-state index contributed by atoms with van der Waals surface area (Å²) in [7, 11) is 0. The topological polar surface area (TPSA) is 78.7 Å². The maximum Gasteiger partial charge on any atom is 0.329 e. The molecule has 0 unspecified atom stereocenters. The van der Waals surface area contributed by atoms with E-state index in [2.05, 4.69) is 0 Å². The smallest absolute Gasteiger partial charge is 0.295 e. The van der Waals surface area contributed by atoms with E-state index >= 15 is 0 Å². The van der Waals surface area contributed by atoms with E-state index in [4.69, 9.17) is 16.9 Å². The van der Waals surface area contributed by atoms with Gasteiger partial charge in [0, 0.05) is 0 Å². The van der Waals surface area contributed by atoms with Crippen molar-refractivity contribution in [1.29, 1.82) is 5.26 Å². The highest BCUT2D eigenvalue weighted by atomic mass is 35.5. The first-order valence-electron chi connectivity index (χ1n) is 5.20. The molecule has 0 spiro atoms. The van der Waals surface area contributed by atoms with Crippen molar-refractivity contribution in [3.63, 3.8) is 0 Å². The Labute approximate surface area is 111 Å². The van der Waals surface area contributed by atoms with E-state index in [0.29, 0.717) is 15.7 Å². The van der Waals surface area contributed by atoms with E-state index in [1.807, 2.05) is 11.1 Å². The van der Waals surface area contributed by atoms with Gasteiger partial charge in [-0.1, -0.05) is 23.7 Å². The van der Waals surface area contributed by atoms with E-state index < -0.39 is 22.2 Å². The molecule has 2 rings (SSSR count). The number of nitrogens with one attached hydrogen (secondary N) is 1. The summed E-state index contributed by atoms with van der Waals surface area (Å²) in [5, 5.41) is 8.14. The van der Waals surface area contributed by atoms with Gasteiger partial charge < -0.3 is 0 Å². The minimum absolute atomic E-state index is 0.141. The molecule has 96 valence electrons. The average molecular weight is 280 g/mol. The van der Waals surface area contributed by atoms with Gasteiger partial charge >= 0.3 is 5.69 Å². The molecule has 0 saturated carbocycles. The summed E-state index contributed by atoms with van der Waals surface area (Å²) in [6.45, 7) is -0.141. The van der Waals surface area contributed by atoms with Gasteiger partial charge in [0.2, 0.25) is 5.82 Å². The zero-order valence-corrected chi connectivity index (χ0v) is 10.2. The van der Waals surface area contributed by atoms with E-state index in [1.54, 1.807) is 18.2 Å². The molecule has 1 N–H and O–H groups in total. The van der Waals surface area contributed by atoms with Gasteiger partial charge in [0.15, 0.2) is 5.15 Å². The molecule has 1 aromatic carbocycles. The highest BCUT2D eigenvalue weighted by Gasteiger charge is 2.12. The first-order valence-corrected chi connectivity index (χ1v) is 5.58. The highest BCUT2D eigenvalue weighted by molar-refractivity contribution is 6.29. The Bertz CT molecular complexity index is 789. The number of aromatic amines is 1. The third-order valence-corrected chi connectivity index (χ3v) is 2.74. The van der Waals surface area contributed by atoms with Crippen molar-refractivity contribution in [2.75, 3.05) is 0 Å². The minimum atomic E-state index is -1.21. The molecular formula is C12H7ClFN3O2. The minimum Gasteiger partial charge on any atom is -0.295 e. The zero-order valence-electron chi connectivity index (χ0n) is 9.48. The lowest BCUT2D eigenvalue weighted by Crippen LogP contribution is -2.37. The molecule has 2 aromatic rings. The number of nitriles is 1. The van der Waals surface area contributed by atoms with Gasteiger partial charge in [0.25, 0.3) is 5.56 Å². The molecular weight excluding hydrogens is 273 g/mol. The first kappa shape index (κ1) is 13.1. The number of rotatable bonds is 2. The van der Waals surface area contributed by atoms with Gasteiger partial charge in [0.1, 0.15) is 0 Å². The third-order valence-electron chi connectivity index (χ3n) is 2.48. The van der Waals surface area contributed by atoms with Crippen LogP contribution in [0.25, 0.3) is 0 Å². The number of benzene rings is 1. The van der Waals surface area contributed by atoms with Crippen LogP contribution in [0.15, 0.2) is 33.9 Å². The van der Waals surface area contributed by atoms with E-state index in [-0.39, 0.29) is 6.54 Å². The van der Waals surface area contributed by atoms with Crippen LogP contribution in [0.4, 0.5) is 4.39 Å². The number of nitrogens with zero attached hydrogens (tertiary/aromatic N) is 2. The summed E-state index contributed by atoms with van der Waals surface area (Å²) in [5.41, 5.74) is -0.986. The molecule has 1 heterocycles. The molecule has 0 radical (unpaired) electrons. The predicted octanol–water partition coefficient (Wildman–Crippen LogP) is 1.25. The summed E-state index contributed by atoms with van der Waals surface area (Å²) in [6, 6.07) is 8.26. The lowest BCUT2D eigenvalue weighted by molar-refractivity contribution is 0.558. The quantitative estimate of drug-likeness (QED) is 0.840. The molecule has 0 amide bonds. The molecule has 1 aromatic heterocycles. The molecule has 0 fully saturated rings. The van der Waals surface area contributed by atoms with E-state index in [9.17, 15) is 14.0 Å². The van der Waals surface area contributed by atoms with Crippen LogP contribution in [0.3, 0.4) is 0 Å². The van der Waals surface area contributed by atoms with Crippen molar-refractivity contribution in [2.24, 2.45) is 0 Å². The second kappa shape index (κ2) is 5.08. The van der Waals surface area contributed by atoms with Gasteiger partial charge in [0.05, 0.1) is 18.2 Å². The normalized spacial score (nSPS) is 10.2. The second-order valence-electron chi connectivity index (χ2n) is 3.76. The van der Waals surface area contributed by atoms with E-state index in [1.165, 1.54) is 6.07 Å². The fourth-order valence-electron chi connectivity index (χ4n) is 1.59. The van der Waals surface area contributed by atoms with Crippen molar-refractivity contribution in [3.8, 4) is 6.07 Å². The molecule has 0 bridgehead atoms. The average Bonchev–Trinajstić information content (AvgIpc) is 2.41. The zero-order chi connectivity index (χ0) is 14.0. The predicted molar refractivity (Wildman–Crippen MR) is 66.5 cm³/mol. The van der Waals surface area contributed by atoms with Crippen LogP contribution in [0.1, 0.15) is 11.1 Å². The van der Waals surface area contributed by atoms with Crippen molar-refractivity contribution in [2.45, 2.75) is 6.54 Å².